The van der Waals surface area contributed by atoms with Crippen LogP contribution in [0.1, 0.15) is 16.1 Å². The Morgan fingerprint density at radius 3 is 2.79 bits per heavy atom. The van der Waals surface area contributed by atoms with Gasteiger partial charge in [0, 0.05) is 19.8 Å². The summed E-state index contributed by atoms with van der Waals surface area (Å²) in [6, 6.07) is 3.53. The molecule has 0 saturated carbocycles. The van der Waals surface area contributed by atoms with E-state index in [-0.39, 0.29) is 12.5 Å². The highest BCUT2D eigenvalue weighted by Crippen LogP contribution is 2.01. The van der Waals surface area contributed by atoms with Gasteiger partial charge in [0.2, 0.25) is 0 Å². The fourth-order valence-corrected chi connectivity index (χ4v) is 1.04. The predicted octanol–water partition coefficient (Wildman–Crippen LogP) is 0.454. The molecule has 4 nitrogen and oxygen atoms in total. The molecular formula is C10H14N2O2. The molecule has 0 radical (unpaired) electrons. The van der Waals surface area contributed by atoms with Gasteiger partial charge in [0.1, 0.15) is 5.69 Å². The number of likely N-dealkylation sites (N-methyl/N-ethyl adjacent to an activating group) is 1. The Hall–Kier alpha value is -1.42. The summed E-state index contributed by atoms with van der Waals surface area (Å²) in [6.45, 7) is 2.21. The summed E-state index contributed by atoms with van der Waals surface area (Å²) in [5, 5.41) is 8.66. The molecule has 0 fully saturated rings. The van der Waals surface area contributed by atoms with E-state index in [1.54, 1.807) is 19.3 Å². The van der Waals surface area contributed by atoms with E-state index in [1.807, 2.05) is 13.0 Å². The molecule has 4 heteroatoms. The highest BCUT2D eigenvalue weighted by Gasteiger charge is 2.11. The van der Waals surface area contributed by atoms with Gasteiger partial charge < -0.3 is 10.0 Å². The number of amides is 1. The number of carbonyl (C=O) groups excluding carboxylic acids is 1. The van der Waals surface area contributed by atoms with E-state index in [4.69, 9.17) is 5.11 Å². The molecule has 1 rings (SSSR count). The topological polar surface area (TPSA) is 53.4 Å². The first-order valence-electron chi connectivity index (χ1n) is 4.44. The van der Waals surface area contributed by atoms with Crippen LogP contribution in [0.2, 0.25) is 0 Å². The summed E-state index contributed by atoms with van der Waals surface area (Å²) in [7, 11) is 1.64. The first-order valence-corrected chi connectivity index (χ1v) is 4.44. The van der Waals surface area contributed by atoms with Crippen molar-refractivity contribution in [3.63, 3.8) is 0 Å². The zero-order chi connectivity index (χ0) is 10.6. The average molecular weight is 194 g/mol. The van der Waals surface area contributed by atoms with Gasteiger partial charge in [-0.2, -0.15) is 0 Å². The molecule has 0 spiro atoms. The molecule has 1 amide bonds. The van der Waals surface area contributed by atoms with E-state index >= 15 is 0 Å². The SMILES string of the molecule is Cc1ccc(C(=O)N(C)CCO)nc1. The fraction of sp³-hybridized carbons (Fsp3) is 0.400. The number of rotatable bonds is 3. The molecule has 0 aliphatic heterocycles. The minimum Gasteiger partial charge on any atom is -0.395 e. The molecule has 1 aromatic heterocycles. The summed E-state index contributed by atoms with van der Waals surface area (Å²) in [5.41, 5.74) is 1.43. The first kappa shape index (κ1) is 10.7. The quantitative estimate of drug-likeness (QED) is 0.760. The second kappa shape index (κ2) is 4.72. The Morgan fingerprint density at radius 1 is 1.57 bits per heavy atom. The Kier molecular flexibility index (Phi) is 3.59. The van der Waals surface area contributed by atoms with Crippen LogP contribution in [0, 0.1) is 6.92 Å². The van der Waals surface area contributed by atoms with Crippen molar-refractivity contribution in [2.24, 2.45) is 0 Å². The highest BCUT2D eigenvalue weighted by atomic mass is 16.3. The maximum absolute atomic E-state index is 11.6. The summed E-state index contributed by atoms with van der Waals surface area (Å²) in [6.07, 6.45) is 1.65. The molecular weight excluding hydrogens is 180 g/mol. The van der Waals surface area contributed by atoms with Crippen molar-refractivity contribution in [1.29, 1.82) is 0 Å². The number of hydrogen-bond donors (Lipinski definition) is 1. The van der Waals surface area contributed by atoms with Gasteiger partial charge in [-0.05, 0) is 18.6 Å². The largest absolute Gasteiger partial charge is 0.395 e. The van der Waals surface area contributed by atoms with Crippen LogP contribution in [-0.4, -0.2) is 41.1 Å². The molecule has 0 atom stereocenters. The van der Waals surface area contributed by atoms with Crippen molar-refractivity contribution in [3.05, 3.63) is 29.6 Å². The molecule has 0 aliphatic rings. The summed E-state index contributed by atoms with van der Waals surface area (Å²) in [5.74, 6) is -0.168. The molecule has 0 unspecified atom stereocenters. The summed E-state index contributed by atoms with van der Waals surface area (Å²) < 4.78 is 0. The Labute approximate surface area is 83.2 Å². The number of carbonyl (C=O) groups is 1. The van der Waals surface area contributed by atoms with Crippen molar-refractivity contribution < 1.29 is 9.90 Å². The van der Waals surface area contributed by atoms with Gasteiger partial charge >= 0.3 is 0 Å². The maximum Gasteiger partial charge on any atom is 0.272 e. The summed E-state index contributed by atoms with van der Waals surface area (Å²) in [4.78, 5) is 17.0. The van der Waals surface area contributed by atoms with Crippen LogP contribution in [0.5, 0.6) is 0 Å². The molecule has 1 heterocycles. The number of aryl methyl sites for hydroxylation is 1. The van der Waals surface area contributed by atoms with Crippen LogP contribution in [0.25, 0.3) is 0 Å². The molecule has 76 valence electrons. The zero-order valence-electron chi connectivity index (χ0n) is 8.40. The van der Waals surface area contributed by atoms with Crippen LogP contribution >= 0.6 is 0 Å². The third-order valence-corrected chi connectivity index (χ3v) is 1.91. The lowest BCUT2D eigenvalue weighted by molar-refractivity contribution is 0.0761. The Bertz CT molecular complexity index is 308. The van der Waals surface area contributed by atoms with Crippen LogP contribution in [-0.2, 0) is 0 Å². The van der Waals surface area contributed by atoms with Gasteiger partial charge in [-0.15, -0.1) is 0 Å². The molecule has 1 N–H and O–H groups in total. The fourth-order valence-electron chi connectivity index (χ4n) is 1.04. The van der Waals surface area contributed by atoms with Gasteiger partial charge in [0.05, 0.1) is 6.61 Å². The van der Waals surface area contributed by atoms with E-state index in [0.717, 1.165) is 5.56 Å². The number of aromatic nitrogens is 1. The van der Waals surface area contributed by atoms with Crippen molar-refractivity contribution >= 4 is 5.91 Å². The smallest absolute Gasteiger partial charge is 0.272 e. The number of aliphatic hydroxyl groups is 1. The molecule has 0 aromatic carbocycles. The van der Waals surface area contributed by atoms with Crippen LogP contribution in [0.4, 0.5) is 0 Å². The number of hydrogen-bond acceptors (Lipinski definition) is 3. The minimum atomic E-state index is -0.168. The average Bonchev–Trinajstić information content (AvgIpc) is 2.18. The van der Waals surface area contributed by atoms with Gasteiger partial charge in [0.25, 0.3) is 5.91 Å². The standard InChI is InChI=1S/C10H14N2O2/c1-8-3-4-9(11-7-8)10(14)12(2)5-6-13/h3-4,7,13H,5-6H2,1-2H3. The molecule has 0 aliphatic carbocycles. The van der Waals surface area contributed by atoms with Gasteiger partial charge in [-0.3, -0.25) is 9.78 Å². The van der Waals surface area contributed by atoms with E-state index in [9.17, 15) is 4.79 Å². The maximum atomic E-state index is 11.6. The Morgan fingerprint density at radius 2 is 2.29 bits per heavy atom. The summed E-state index contributed by atoms with van der Waals surface area (Å²) >= 11 is 0. The lowest BCUT2D eigenvalue weighted by atomic mass is 10.2. The van der Waals surface area contributed by atoms with E-state index < -0.39 is 0 Å². The van der Waals surface area contributed by atoms with Crippen molar-refractivity contribution in [3.8, 4) is 0 Å². The third kappa shape index (κ3) is 2.53. The van der Waals surface area contributed by atoms with Crippen LogP contribution < -0.4 is 0 Å². The minimum absolute atomic E-state index is 0.0336. The van der Waals surface area contributed by atoms with E-state index in [0.29, 0.717) is 12.2 Å². The van der Waals surface area contributed by atoms with Gasteiger partial charge in [-0.25, -0.2) is 0 Å². The van der Waals surface area contributed by atoms with Crippen LogP contribution in [0.15, 0.2) is 18.3 Å². The molecule has 0 bridgehead atoms. The first-order chi connectivity index (χ1) is 6.65. The van der Waals surface area contributed by atoms with Gasteiger partial charge in [0.15, 0.2) is 0 Å². The number of nitrogens with zero attached hydrogens (tertiary/aromatic N) is 2. The number of pyridine rings is 1. The molecule has 1 aromatic rings. The normalized spacial score (nSPS) is 9.93. The Balaban J connectivity index is 2.74. The van der Waals surface area contributed by atoms with Crippen molar-refractivity contribution in [1.82, 2.24) is 9.88 Å². The van der Waals surface area contributed by atoms with Crippen LogP contribution in [0.3, 0.4) is 0 Å². The number of aliphatic hydroxyl groups excluding tert-OH is 1. The van der Waals surface area contributed by atoms with Gasteiger partial charge in [-0.1, -0.05) is 6.07 Å². The second-order valence-electron chi connectivity index (χ2n) is 3.17. The van der Waals surface area contributed by atoms with Crippen molar-refractivity contribution in [2.75, 3.05) is 20.2 Å². The van der Waals surface area contributed by atoms with E-state index in [1.165, 1.54) is 4.90 Å². The third-order valence-electron chi connectivity index (χ3n) is 1.91. The predicted molar refractivity (Wildman–Crippen MR) is 53.0 cm³/mol. The zero-order valence-corrected chi connectivity index (χ0v) is 8.40. The lowest BCUT2D eigenvalue weighted by Gasteiger charge is -2.14. The molecule has 0 saturated heterocycles. The molecule has 14 heavy (non-hydrogen) atoms. The van der Waals surface area contributed by atoms with Crippen molar-refractivity contribution in [2.45, 2.75) is 6.92 Å². The second-order valence-corrected chi connectivity index (χ2v) is 3.17. The monoisotopic (exact) mass is 194 g/mol. The highest BCUT2D eigenvalue weighted by molar-refractivity contribution is 5.92. The lowest BCUT2D eigenvalue weighted by Crippen LogP contribution is -2.30. The van der Waals surface area contributed by atoms with E-state index in [2.05, 4.69) is 4.98 Å².